The van der Waals surface area contributed by atoms with Crippen molar-refractivity contribution in [3.8, 4) is 0 Å². The van der Waals surface area contributed by atoms with E-state index in [1.807, 2.05) is 18.2 Å². The molecule has 3 rings (SSSR count). The van der Waals surface area contributed by atoms with Crippen molar-refractivity contribution in [2.75, 3.05) is 0 Å². The van der Waals surface area contributed by atoms with Crippen LogP contribution in [0.1, 0.15) is 10.4 Å². The maximum Gasteiger partial charge on any atom is 0.285 e. The van der Waals surface area contributed by atoms with Gasteiger partial charge in [-0.1, -0.05) is 33.3 Å². The lowest BCUT2D eigenvalue weighted by molar-refractivity contribution is 0.0990. The first-order chi connectivity index (χ1) is 10.5. The average molecular weight is 383 g/mol. The summed E-state index contributed by atoms with van der Waals surface area (Å²) in [6.07, 6.45) is 0. The molecular weight excluding hydrogens is 374 g/mol. The van der Waals surface area contributed by atoms with E-state index in [4.69, 9.17) is 0 Å². The van der Waals surface area contributed by atoms with Crippen LogP contribution in [0.3, 0.4) is 0 Å². The summed E-state index contributed by atoms with van der Waals surface area (Å²) >= 11 is 4.65. The van der Waals surface area contributed by atoms with Crippen LogP contribution in [-0.2, 0) is 7.05 Å². The Labute approximate surface area is 136 Å². The molecule has 3 nitrogen and oxygen atoms in total. The predicted octanol–water partition coefficient (Wildman–Crippen LogP) is 4.02. The first-order valence-electron chi connectivity index (χ1n) is 6.25. The fourth-order valence-corrected chi connectivity index (χ4v) is 3.63. The Hall–Kier alpha value is -1.86. The minimum absolute atomic E-state index is 0.376. The van der Waals surface area contributed by atoms with Gasteiger partial charge in [0, 0.05) is 11.5 Å². The molecule has 0 spiro atoms. The second-order valence-corrected chi connectivity index (χ2v) is 6.49. The molecule has 0 fully saturated rings. The summed E-state index contributed by atoms with van der Waals surface area (Å²) in [5, 5.41) is 0. The molecule has 7 heteroatoms. The molecule has 0 saturated carbocycles. The van der Waals surface area contributed by atoms with Gasteiger partial charge < -0.3 is 4.57 Å². The van der Waals surface area contributed by atoms with Crippen LogP contribution in [0.4, 0.5) is 8.78 Å². The lowest BCUT2D eigenvalue weighted by atomic mass is 10.2. The number of rotatable bonds is 1. The Morgan fingerprint density at radius 2 is 1.91 bits per heavy atom. The van der Waals surface area contributed by atoms with E-state index in [9.17, 15) is 13.6 Å². The fraction of sp³-hybridized carbons (Fsp3) is 0.0667. The van der Waals surface area contributed by atoms with Crippen molar-refractivity contribution in [1.82, 2.24) is 4.57 Å². The Balaban J connectivity index is 2.16. The normalized spacial score (nSPS) is 12.1. The SMILES string of the molecule is Cn1c(=NC(=O)c2c(F)cccc2F)sc2cc(Br)ccc21. The minimum Gasteiger partial charge on any atom is -0.319 e. The van der Waals surface area contributed by atoms with Gasteiger partial charge in [0.05, 0.1) is 10.2 Å². The van der Waals surface area contributed by atoms with Gasteiger partial charge >= 0.3 is 0 Å². The third-order valence-electron chi connectivity index (χ3n) is 3.15. The van der Waals surface area contributed by atoms with Gasteiger partial charge in [0.1, 0.15) is 17.2 Å². The highest BCUT2D eigenvalue weighted by Gasteiger charge is 2.16. The molecule has 0 unspecified atom stereocenters. The molecule has 1 heterocycles. The van der Waals surface area contributed by atoms with Gasteiger partial charge in [0.2, 0.25) is 0 Å². The zero-order valence-electron chi connectivity index (χ0n) is 11.3. The van der Waals surface area contributed by atoms with Crippen molar-refractivity contribution < 1.29 is 13.6 Å². The molecule has 0 N–H and O–H groups in total. The molecule has 22 heavy (non-hydrogen) atoms. The molecule has 3 aromatic rings. The third-order valence-corrected chi connectivity index (χ3v) is 4.73. The van der Waals surface area contributed by atoms with Crippen LogP contribution in [0.25, 0.3) is 10.2 Å². The zero-order chi connectivity index (χ0) is 15.9. The van der Waals surface area contributed by atoms with Gasteiger partial charge in [-0.3, -0.25) is 4.79 Å². The number of nitrogens with zero attached hydrogens (tertiary/aromatic N) is 2. The Kier molecular flexibility index (Phi) is 3.92. The minimum atomic E-state index is -0.933. The van der Waals surface area contributed by atoms with Crippen LogP contribution in [0, 0.1) is 11.6 Å². The topological polar surface area (TPSA) is 34.4 Å². The van der Waals surface area contributed by atoms with Crippen molar-refractivity contribution in [2.24, 2.45) is 12.0 Å². The number of hydrogen-bond acceptors (Lipinski definition) is 2. The monoisotopic (exact) mass is 382 g/mol. The molecule has 1 aromatic heterocycles. The second kappa shape index (κ2) is 5.73. The summed E-state index contributed by atoms with van der Waals surface area (Å²) in [5.41, 5.74) is 0.245. The van der Waals surface area contributed by atoms with E-state index in [2.05, 4.69) is 20.9 Å². The van der Waals surface area contributed by atoms with Gasteiger partial charge in [-0.25, -0.2) is 8.78 Å². The predicted molar refractivity (Wildman–Crippen MR) is 84.7 cm³/mol. The standard InChI is InChI=1S/C15H9BrF2N2OS/c1-20-11-6-5-8(16)7-12(11)22-15(20)19-14(21)13-9(17)3-2-4-10(13)18/h2-7H,1H3. The maximum atomic E-state index is 13.6. The summed E-state index contributed by atoms with van der Waals surface area (Å²) in [5.74, 6) is -2.77. The van der Waals surface area contributed by atoms with Crippen molar-refractivity contribution in [2.45, 2.75) is 0 Å². The number of amides is 1. The highest BCUT2D eigenvalue weighted by molar-refractivity contribution is 9.10. The largest absolute Gasteiger partial charge is 0.319 e. The quantitative estimate of drug-likeness (QED) is 0.625. The van der Waals surface area contributed by atoms with Gasteiger partial charge in [-0.15, -0.1) is 0 Å². The van der Waals surface area contributed by atoms with Crippen molar-refractivity contribution in [3.63, 3.8) is 0 Å². The zero-order valence-corrected chi connectivity index (χ0v) is 13.7. The van der Waals surface area contributed by atoms with Gasteiger partial charge in [0.15, 0.2) is 4.80 Å². The van der Waals surface area contributed by atoms with E-state index in [-0.39, 0.29) is 0 Å². The third kappa shape index (κ3) is 2.62. The van der Waals surface area contributed by atoms with Crippen molar-refractivity contribution >= 4 is 43.4 Å². The lowest BCUT2D eigenvalue weighted by Crippen LogP contribution is -2.14. The second-order valence-electron chi connectivity index (χ2n) is 4.57. The van der Waals surface area contributed by atoms with E-state index in [1.165, 1.54) is 17.4 Å². The van der Waals surface area contributed by atoms with E-state index in [0.717, 1.165) is 26.8 Å². The molecule has 0 aliphatic rings. The molecule has 0 bridgehead atoms. The molecule has 2 aromatic carbocycles. The van der Waals surface area contributed by atoms with Gasteiger partial charge in [-0.2, -0.15) is 4.99 Å². The van der Waals surface area contributed by atoms with E-state index in [0.29, 0.717) is 4.80 Å². The number of halogens is 3. The Bertz CT molecular complexity index is 942. The average Bonchev–Trinajstić information content (AvgIpc) is 2.74. The van der Waals surface area contributed by atoms with Gasteiger partial charge in [0.25, 0.3) is 5.91 Å². The van der Waals surface area contributed by atoms with E-state index < -0.39 is 23.1 Å². The number of benzene rings is 2. The van der Waals surface area contributed by atoms with Crippen LogP contribution in [0.2, 0.25) is 0 Å². The number of thiazole rings is 1. The molecule has 0 saturated heterocycles. The first kappa shape index (κ1) is 15.1. The molecule has 0 radical (unpaired) electrons. The van der Waals surface area contributed by atoms with Crippen molar-refractivity contribution in [3.05, 3.63) is 62.9 Å². The van der Waals surface area contributed by atoms with Gasteiger partial charge in [-0.05, 0) is 30.3 Å². The summed E-state index contributed by atoms with van der Waals surface area (Å²) in [6.45, 7) is 0. The van der Waals surface area contributed by atoms with Crippen molar-refractivity contribution in [1.29, 1.82) is 0 Å². The van der Waals surface area contributed by atoms with E-state index >= 15 is 0 Å². The first-order valence-corrected chi connectivity index (χ1v) is 7.86. The fourth-order valence-electron chi connectivity index (χ4n) is 2.06. The summed E-state index contributed by atoms with van der Waals surface area (Å²) < 4.78 is 30.8. The Morgan fingerprint density at radius 1 is 1.23 bits per heavy atom. The molecule has 0 aliphatic heterocycles. The molecule has 112 valence electrons. The molecular formula is C15H9BrF2N2OS. The summed E-state index contributed by atoms with van der Waals surface area (Å²) in [7, 11) is 1.75. The number of carbonyl (C=O) groups excluding carboxylic acids is 1. The van der Waals surface area contributed by atoms with E-state index in [1.54, 1.807) is 11.6 Å². The number of carbonyl (C=O) groups is 1. The van der Waals surface area contributed by atoms with Crippen LogP contribution in [0.5, 0.6) is 0 Å². The Morgan fingerprint density at radius 3 is 2.59 bits per heavy atom. The lowest BCUT2D eigenvalue weighted by Gasteiger charge is -1.99. The summed E-state index contributed by atoms with van der Waals surface area (Å²) in [4.78, 5) is 16.3. The van der Waals surface area contributed by atoms with Crippen LogP contribution in [0.15, 0.2) is 45.9 Å². The molecule has 0 aliphatic carbocycles. The number of aromatic nitrogens is 1. The highest BCUT2D eigenvalue weighted by atomic mass is 79.9. The van der Waals surface area contributed by atoms with Crippen LogP contribution < -0.4 is 4.80 Å². The summed E-state index contributed by atoms with van der Waals surface area (Å²) in [6, 6.07) is 8.92. The maximum absolute atomic E-state index is 13.6. The molecule has 0 atom stereocenters. The van der Waals surface area contributed by atoms with Crippen LogP contribution in [-0.4, -0.2) is 10.5 Å². The van der Waals surface area contributed by atoms with Crippen LogP contribution >= 0.6 is 27.3 Å². The molecule has 1 amide bonds. The number of aryl methyl sites for hydroxylation is 1. The highest BCUT2D eigenvalue weighted by Crippen LogP contribution is 2.21. The smallest absolute Gasteiger partial charge is 0.285 e. The number of hydrogen-bond donors (Lipinski definition) is 0. The number of fused-ring (bicyclic) bond motifs is 1.